The first-order valence-electron chi connectivity index (χ1n) is 12.8. The van der Waals surface area contributed by atoms with E-state index in [1.807, 2.05) is 0 Å². The maximum Gasteiger partial charge on any atom is 0.372 e. The molecule has 0 amide bonds. The minimum absolute atomic E-state index is 0.0208. The van der Waals surface area contributed by atoms with Crippen LogP contribution in [0.15, 0.2) is 0 Å². The summed E-state index contributed by atoms with van der Waals surface area (Å²) in [6.07, 6.45) is -0.649. The number of hydrogen-bond donors (Lipinski definition) is 1. The van der Waals surface area contributed by atoms with Crippen LogP contribution in [0.25, 0.3) is 0 Å². The van der Waals surface area contributed by atoms with Crippen LogP contribution in [-0.2, 0) is 56.7 Å². The van der Waals surface area contributed by atoms with Crippen LogP contribution in [0.5, 0.6) is 0 Å². The van der Waals surface area contributed by atoms with Crippen LogP contribution in [-0.4, -0.2) is 137 Å². The molecule has 0 saturated carbocycles. The fraction of sp³-hybridized carbons (Fsp3) is 0.875. The zero-order chi connectivity index (χ0) is 28.3. The highest BCUT2D eigenvalue weighted by Gasteiger charge is 2.14. The summed E-state index contributed by atoms with van der Waals surface area (Å²) in [5.74, 6) is -3.22. The van der Waals surface area contributed by atoms with E-state index >= 15 is 0 Å². The second kappa shape index (κ2) is 25.8. The van der Waals surface area contributed by atoms with Crippen LogP contribution in [0, 0.1) is 0 Å². The summed E-state index contributed by atoms with van der Waals surface area (Å²) in [7, 11) is -1.46. The number of ketones is 1. The molecule has 0 aromatic heterocycles. The lowest BCUT2D eigenvalue weighted by molar-refractivity contribution is -0.151. The summed E-state index contributed by atoms with van der Waals surface area (Å²) in [6, 6.07) is 0. The minimum Gasteiger partial charge on any atom is -0.476 e. The largest absolute Gasteiger partial charge is 0.476 e. The summed E-state index contributed by atoms with van der Waals surface area (Å²) in [4.78, 5) is 32.5. The van der Waals surface area contributed by atoms with E-state index in [2.05, 4.69) is 19.6 Å². The molecular formula is C24H46O13Si. The van der Waals surface area contributed by atoms with E-state index in [9.17, 15) is 14.4 Å². The van der Waals surface area contributed by atoms with Crippen LogP contribution in [0.1, 0.15) is 12.8 Å². The predicted octanol–water partition coefficient (Wildman–Crippen LogP) is 0.931. The molecule has 0 fully saturated rings. The first-order valence-corrected chi connectivity index (χ1v) is 16.2. The lowest BCUT2D eigenvalue weighted by atomic mass is 10.2. The third-order valence-electron chi connectivity index (χ3n) is 4.28. The van der Waals surface area contributed by atoms with Crippen molar-refractivity contribution in [1.82, 2.24) is 0 Å². The van der Waals surface area contributed by atoms with Gasteiger partial charge >= 0.3 is 11.9 Å². The number of carbonyl (C=O) groups excluding carboxylic acids is 2. The summed E-state index contributed by atoms with van der Waals surface area (Å²) in [5, 5.41) is 8.42. The van der Waals surface area contributed by atoms with Gasteiger partial charge in [0.2, 0.25) is 5.78 Å². The molecule has 1 N–H and O–H groups in total. The smallest absolute Gasteiger partial charge is 0.372 e. The molecule has 0 saturated heterocycles. The monoisotopic (exact) mass is 570 g/mol. The number of aliphatic carboxylic acids is 1. The van der Waals surface area contributed by atoms with E-state index in [-0.39, 0.29) is 26.1 Å². The van der Waals surface area contributed by atoms with E-state index in [1.54, 1.807) is 0 Å². The average molecular weight is 571 g/mol. The van der Waals surface area contributed by atoms with Gasteiger partial charge in [-0.2, -0.15) is 0 Å². The molecular weight excluding hydrogens is 524 g/mol. The molecule has 0 aliphatic heterocycles. The quantitative estimate of drug-likeness (QED) is 0.0587. The lowest BCUT2D eigenvalue weighted by Gasteiger charge is -2.16. The number of esters is 1. The molecule has 224 valence electrons. The van der Waals surface area contributed by atoms with E-state index in [0.29, 0.717) is 92.5 Å². The highest BCUT2D eigenvalue weighted by Crippen LogP contribution is 2.01. The van der Waals surface area contributed by atoms with Gasteiger partial charge in [0.15, 0.2) is 8.32 Å². The van der Waals surface area contributed by atoms with E-state index in [1.165, 1.54) is 0 Å². The topological polar surface area (TPSA) is 155 Å². The Kier molecular flexibility index (Phi) is 24.8. The molecule has 0 atom stereocenters. The van der Waals surface area contributed by atoms with Gasteiger partial charge in [-0.05, 0) is 19.6 Å². The van der Waals surface area contributed by atoms with Crippen LogP contribution in [0.4, 0.5) is 0 Å². The molecule has 0 aliphatic rings. The number of rotatable bonds is 29. The first-order chi connectivity index (χ1) is 18.2. The molecule has 0 heterocycles. The third kappa shape index (κ3) is 29.1. The van der Waals surface area contributed by atoms with Crippen molar-refractivity contribution in [3.05, 3.63) is 0 Å². The van der Waals surface area contributed by atoms with E-state index in [0.717, 1.165) is 0 Å². The summed E-state index contributed by atoms with van der Waals surface area (Å²) >= 11 is 0. The molecule has 38 heavy (non-hydrogen) atoms. The van der Waals surface area contributed by atoms with Gasteiger partial charge < -0.3 is 47.4 Å². The Hall–Kier alpha value is -1.49. The second-order valence-electron chi connectivity index (χ2n) is 8.70. The first kappa shape index (κ1) is 36.5. The fourth-order valence-corrected chi connectivity index (χ4v) is 3.13. The summed E-state index contributed by atoms with van der Waals surface area (Å²) in [5.41, 5.74) is 0. The lowest BCUT2D eigenvalue weighted by Crippen LogP contribution is -2.27. The Labute approximate surface area is 226 Å². The van der Waals surface area contributed by atoms with E-state index < -0.39 is 26.0 Å². The van der Waals surface area contributed by atoms with Crippen molar-refractivity contribution in [1.29, 1.82) is 0 Å². The maximum atomic E-state index is 11.3. The highest BCUT2D eigenvalue weighted by atomic mass is 28.4. The molecule has 0 spiro atoms. The van der Waals surface area contributed by atoms with Gasteiger partial charge in [0.1, 0.15) is 6.61 Å². The van der Waals surface area contributed by atoms with Crippen LogP contribution < -0.4 is 0 Å². The van der Waals surface area contributed by atoms with Crippen molar-refractivity contribution in [2.45, 2.75) is 32.5 Å². The predicted molar refractivity (Wildman–Crippen MR) is 138 cm³/mol. The van der Waals surface area contributed by atoms with Gasteiger partial charge in [-0.25, -0.2) is 4.79 Å². The van der Waals surface area contributed by atoms with Crippen molar-refractivity contribution in [2.24, 2.45) is 0 Å². The number of Topliss-reactive ketones (excluding diaryl/α,β-unsaturated/α-hetero) is 1. The van der Waals surface area contributed by atoms with Gasteiger partial charge in [-0.15, -0.1) is 0 Å². The number of carboxylic acids is 1. The normalized spacial score (nSPS) is 11.6. The molecule has 13 nitrogen and oxygen atoms in total. The second-order valence-corrected chi connectivity index (χ2v) is 13.2. The number of carboxylic acid groups (broad SMARTS) is 1. The standard InChI is InChI=1S/C24H46O13Si/c1-38(2,3)37-21-19-35-17-15-33-13-11-31-9-7-29-6-8-30-10-12-32-14-16-34-18-20-36-23(26)5-4-22(25)24(27)28/h4-21H2,1-3H3,(H,27,28). The van der Waals surface area contributed by atoms with Gasteiger partial charge in [0.25, 0.3) is 0 Å². The van der Waals surface area contributed by atoms with Crippen molar-refractivity contribution in [2.75, 3.05) is 106 Å². The Balaban J connectivity index is 3.16. The SMILES string of the molecule is C[Si](C)(C)OCCOCCOCCOCCOCCOCCOCCOCCOC(=O)CCC(=O)C(=O)O. The molecule has 0 aliphatic carbocycles. The average Bonchev–Trinajstić information content (AvgIpc) is 2.86. The summed E-state index contributed by atoms with van der Waals surface area (Å²) in [6.45, 7) is 13.4. The van der Waals surface area contributed by atoms with Gasteiger partial charge in [-0.1, -0.05) is 0 Å². The van der Waals surface area contributed by atoms with Gasteiger partial charge in [0.05, 0.1) is 106 Å². The Morgan fingerprint density at radius 2 is 0.816 bits per heavy atom. The zero-order valence-electron chi connectivity index (χ0n) is 23.1. The minimum atomic E-state index is -1.56. The van der Waals surface area contributed by atoms with Crippen molar-refractivity contribution < 1.29 is 61.8 Å². The molecule has 0 bridgehead atoms. The van der Waals surface area contributed by atoms with Gasteiger partial charge in [0, 0.05) is 6.42 Å². The van der Waals surface area contributed by atoms with Crippen LogP contribution in [0.2, 0.25) is 19.6 Å². The number of carbonyl (C=O) groups is 3. The maximum absolute atomic E-state index is 11.3. The fourth-order valence-electron chi connectivity index (χ4n) is 2.44. The Morgan fingerprint density at radius 1 is 0.500 bits per heavy atom. The van der Waals surface area contributed by atoms with Gasteiger partial charge in [-0.3, -0.25) is 9.59 Å². The highest BCUT2D eigenvalue weighted by molar-refractivity contribution is 6.69. The van der Waals surface area contributed by atoms with Crippen LogP contribution >= 0.6 is 0 Å². The molecule has 0 aromatic rings. The molecule has 0 radical (unpaired) electrons. The molecule has 14 heteroatoms. The van der Waals surface area contributed by atoms with Crippen molar-refractivity contribution >= 4 is 26.0 Å². The van der Waals surface area contributed by atoms with E-state index in [4.69, 9.17) is 47.4 Å². The number of hydrogen-bond acceptors (Lipinski definition) is 12. The third-order valence-corrected chi connectivity index (χ3v) is 5.35. The Morgan fingerprint density at radius 3 is 1.13 bits per heavy atom. The summed E-state index contributed by atoms with van der Waals surface area (Å²) < 4.78 is 48.2. The van der Waals surface area contributed by atoms with Crippen LogP contribution in [0.3, 0.4) is 0 Å². The molecule has 0 rings (SSSR count). The zero-order valence-corrected chi connectivity index (χ0v) is 24.1. The molecule has 0 unspecified atom stereocenters. The molecule has 0 aromatic carbocycles. The Bertz CT molecular complexity index is 598. The van der Waals surface area contributed by atoms with Crippen molar-refractivity contribution in [3.63, 3.8) is 0 Å². The number of ether oxygens (including phenoxy) is 8. The van der Waals surface area contributed by atoms with Crippen molar-refractivity contribution in [3.8, 4) is 0 Å².